The van der Waals surface area contributed by atoms with E-state index in [0.29, 0.717) is 53.3 Å². The lowest BCUT2D eigenvalue weighted by molar-refractivity contribution is -0.125. The number of likely N-dealkylation sites (N-methyl/N-ethyl adjacent to an activating group) is 1. The van der Waals surface area contributed by atoms with Gasteiger partial charge in [-0.25, -0.2) is 4.98 Å². The summed E-state index contributed by atoms with van der Waals surface area (Å²) in [5.74, 6) is 3.14. The van der Waals surface area contributed by atoms with Crippen molar-refractivity contribution in [3.63, 3.8) is 0 Å². The molecule has 1 saturated carbocycles. The Kier molecular flexibility index (Phi) is 7.14. The van der Waals surface area contributed by atoms with Gasteiger partial charge in [-0.05, 0) is 56.3 Å². The number of likely N-dealkylation sites (tertiary alicyclic amines) is 1. The monoisotopic (exact) mass is 525 g/mol. The third-order valence-corrected chi connectivity index (χ3v) is 6.98. The molecule has 0 bridgehead atoms. The lowest BCUT2D eigenvalue weighted by Crippen LogP contribution is -2.30. The Balaban J connectivity index is 1.09. The summed E-state index contributed by atoms with van der Waals surface area (Å²) in [6, 6.07) is 19.5. The number of hydrogen-bond donors (Lipinski definition) is 1. The second-order valence-electron chi connectivity index (χ2n) is 9.94. The highest BCUT2D eigenvalue weighted by atomic mass is 16.5. The van der Waals surface area contributed by atoms with E-state index in [2.05, 4.69) is 27.1 Å². The molecule has 1 atom stereocenters. The number of rotatable bonds is 10. The van der Waals surface area contributed by atoms with E-state index in [1.807, 2.05) is 65.6 Å². The number of aromatic amines is 1. The van der Waals surface area contributed by atoms with Crippen LogP contribution in [0.2, 0.25) is 0 Å². The Hall–Kier alpha value is -4.37. The van der Waals surface area contributed by atoms with E-state index in [1.54, 1.807) is 18.3 Å². The normalized spacial score (nSPS) is 17.3. The molecule has 1 aliphatic carbocycles. The van der Waals surface area contributed by atoms with E-state index < -0.39 is 0 Å². The molecule has 39 heavy (non-hydrogen) atoms. The van der Waals surface area contributed by atoms with Gasteiger partial charge >= 0.3 is 0 Å². The van der Waals surface area contributed by atoms with Crippen LogP contribution in [0.15, 0.2) is 79.0 Å². The van der Waals surface area contributed by atoms with Crippen LogP contribution in [0.25, 0.3) is 11.0 Å². The van der Waals surface area contributed by atoms with Gasteiger partial charge in [-0.3, -0.25) is 14.8 Å². The molecule has 1 unspecified atom stereocenters. The van der Waals surface area contributed by atoms with Gasteiger partial charge in [-0.1, -0.05) is 24.3 Å². The van der Waals surface area contributed by atoms with E-state index in [-0.39, 0.29) is 12.0 Å². The van der Waals surface area contributed by atoms with E-state index >= 15 is 0 Å². The number of hydrogen-bond acceptors (Lipinski definition) is 7. The number of H-pyrrole nitrogens is 1. The molecule has 2 aliphatic rings. The summed E-state index contributed by atoms with van der Waals surface area (Å²) >= 11 is 0. The number of nitrogens with zero attached hydrogens (tertiary/aromatic N) is 4. The summed E-state index contributed by atoms with van der Waals surface area (Å²) < 4.78 is 18.3. The first kappa shape index (κ1) is 24.9. The molecule has 9 heteroatoms. The number of carbonyl (C=O) groups excluding carboxylic acids is 1. The lowest BCUT2D eigenvalue weighted by atomic mass is 10.3. The molecule has 3 heterocycles. The van der Waals surface area contributed by atoms with Crippen molar-refractivity contribution in [3.05, 3.63) is 79.0 Å². The van der Waals surface area contributed by atoms with Crippen LogP contribution in [0.3, 0.4) is 0 Å². The highest BCUT2D eigenvalue weighted by Crippen LogP contribution is 2.35. The first-order valence-electron chi connectivity index (χ1n) is 13.3. The van der Waals surface area contributed by atoms with Crippen molar-refractivity contribution >= 4 is 16.9 Å². The van der Waals surface area contributed by atoms with E-state index in [9.17, 15) is 4.79 Å². The summed E-state index contributed by atoms with van der Waals surface area (Å²) in [6.45, 7) is 1.95. The van der Waals surface area contributed by atoms with Gasteiger partial charge in [-0.15, -0.1) is 5.10 Å². The van der Waals surface area contributed by atoms with Crippen LogP contribution in [0.5, 0.6) is 28.9 Å². The highest BCUT2D eigenvalue weighted by molar-refractivity contribution is 5.88. The average molecular weight is 526 g/mol. The largest absolute Gasteiger partial charge is 0.471 e. The van der Waals surface area contributed by atoms with Crippen molar-refractivity contribution in [1.82, 2.24) is 25.0 Å². The van der Waals surface area contributed by atoms with Gasteiger partial charge in [0.25, 0.3) is 0 Å². The number of carbonyl (C=O) groups is 1. The first-order chi connectivity index (χ1) is 19.1. The smallest absolute Gasteiger partial charge is 0.246 e. The Morgan fingerprint density at radius 2 is 1.77 bits per heavy atom. The molecule has 0 spiro atoms. The molecule has 1 saturated heterocycles. The van der Waals surface area contributed by atoms with Crippen molar-refractivity contribution in [2.45, 2.75) is 31.4 Å². The van der Waals surface area contributed by atoms with Crippen LogP contribution < -0.4 is 14.2 Å². The van der Waals surface area contributed by atoms with Crippen molar-refractivity contribution in [2.24, 2.45) is 0 Å². The molecule has 1 N–H and O–H groups in total. The third-order valence-electron chi connectivity index (χ3n) is 6.98. The molecule has 1 amide bonds. The first-order valence-corrected chi connectivity index (χ1v) is 13.3. The Morgan fingerprint density at radius 3 is 2.54 bits per heavy atom. The Labute approximate surface area is 227 Å². The van der Waals surface area contributed by atoms with Gasteiger partial charge in [0.2, 0.25) is 11.8 Å². The van der Waals surface area contributed by atoms with Gasteiger partial charge < -0.3 is 19.1 Å². The maximum absolute atomic E-state index is 12.7. The predicted octanol–water partition coefficient (Wildman–Crippen LogP) is 5.17. The molecule has 9 nitrogen and oxygen atoms in total. The van der Waals surface area contributed by atoms with Crippen LogP contribution in [0.1, 0.15) is 19.3 Å². The number of benzene rings is 2. The number of para-hydroxylation sites is 1. The topological polar surface area (TPSA) is 92.8 Å². The molecule has 0 radical (unpaired) electrons. The molecule has 2 aromatic heterocycles. The zero-order valence-electron chi connectivity index (χ0n) is 21.8. The average Bonchev–Trinajstić information content (AvgIpc) is 3.57. The number of aromatic nitrogens is 3. The number of nitrogens with one attached hydrogen (secondary N) is 1. The van der Waals surface area contributed by atoms with Gasteiger partial charge in [0, 0.05) is 43.9 Å². The summed E-state index contributed by atoms with van der Waals surface area (Å²) in [5.41, 5.74) is 0.570. The fraction of sp³-hybridized carbons (Fsp3) is 0.300. The summed E-state index contributed by atoms with van der Waals surface area (Å²) in [7, 11) is 2.10. The van der Waals surface area contributed by atoms with Gasteiger partial charge in [-0.2, -0.15) is 0 Å². The molecular weight excluding hydrogens is 494 g/mol. The van der Waals surface area contributed by atoms with Crippen LogP contribution in [-0.4, -0.2) is 69.7 Å². The second-order valence-corrected chi connectivity index (χ2v) is 9.94. The zero-order chi connectivity index (χ0) is 26.6. The van der Waals surface area contributed by atoms with Gasteiger partial charge in [0.05, 0.1) is 6.54 Å². The number of amides is 1. The highest BCUT2D eigenvalue weighted by Gasteiger charge is 2.29. The quantitative estimate of drug-likeness (QED) is 0.286. The predicted molar refractivity (Wildman–Crippen MR) is 147 cm³/mol. The molecule has 6 rings (SSSR count). The van der Waals surface area contributed by atoms with Crippen molar-refractivity contribution in [3.8, 4) is 28.9 Å². The van der Waals surface area contributed by atoms with Crippen molar-refractivity contribution in [2.75, 3.05) is 26.7 Å². The second kappa shape index (κ2) is 11.2. The Morgan fingerprint density at radius 1 is 1.03 bits per heavy atom. The van der Waals surface area contributed by atoms with Crippen molar-refractivity contribution in [1.29, 1.82) is 0 Å². The SMILES string of the molecule is CN(C/C=C/C(=O)N1CCC(Oc2n[nH]c3nccc(Oc4ccc(Oc5ccccc5)cc4)c23)C1)C1CC1. The molecule has 200 valence electrons. The van der Waals surface area contributed by atoms with E-state index in [0.717, 1.165) is 18.7 Å². The minimum absolute atomic E-state index is 0.0163. The summed E-state index contributed by atoms with van der Waals surface area (Å²) in [6.07, 6.45) is 8.37. The third kappa shape index (κ3) is 6.04. The minimum atomic E-state index is -0.162. The maximum Gasteiger partial charge on any atom is 0.246 e. The number of pyridine rings is 1. The number of ether oxygens (including phenoxy) is 3. The summed E-state index contributed by atoms with van der Waals surface area (Å²) in [5, 5.41) is 7.94. The molecule has 4 aromatic rings. The van der Waals surface area contributed by atoms with E-state index in [1.165, 1.54) is 12.8 Å². The zero-order valence-corrected chi connectivity index (χ0v) is 21.8. The molecule has 2 aromatic carbocycles. The Bertz CT molecular complexity index is 1450. The molecular formula is C30H31N5O4. The van der Waals surface area contributed by atoms with Crippen molar-refractivity contribution < 1.29 is 19.0 Å². The van der Waals surface area contributed by atoms with Crippen LogP contribution in [-0.2, 0) is 4.79 Å². The fourth-order valence-corrected chi connectivity index (χ4v) is 4.66. The van der Waals surface area contributed by atoms with Crippen LogP contribution in [0.4, 0.5) is 0 Å². The molecule has 1 aliphatic heterocycles. The minimum Gasteiger partial charge on any atom is -0.471 e. The van der Waals surface area contributed by atoms with Gasteiger partial charge in [0.1, 0.15) is 34.5 Å². The van der Waals surface area contributed by atoms with E-state index in [4.69, 9.17) is 14.2 Å². The lowest BCUT2D eigenvalue weighted by Gasteiger charge is -2.16. The van der Waals surface area contributed by atoms with Gasteiger partial charge in [0.15, 0.2) is 5.65 Å². The van der Waals surface area contributed by atoms with Crippen LogP contribution in [0, 0.1) is 0 Å². The fourth-order valence-electron chi connectivity index (χ4n) is 4.66. The maximum atomic E-state index is 12.7. The standard InChI is InChI=1S/C30H31N5O4/c1-34(21-9-10-21)18-5-8-27(36)35-19-16-25(20-35)39-30-28-26(15-17-31-29(28)32-33-30)38-24-13-11-23(12-14-24)37-22-6-3-2-4-7-22/h2-8,11-15,17,21,25H,9-10,16,18-20H2,1H3,(H,31,32,33)/b8-5+. The molecule has 2 fully saturated rings. The summed E-state index contributed by atoms with van der Waals surface area (Å²) in [4.78, 5) is 21.1. The number of fused-ring (bicyclic) bond motifs is 1. The van der Waals surface area contributed by atoms with Crippen LogP contribution >= 0.6 is 0 Å².